The Morgan fingerprint density at radius 3 is 2.18 bits per heavy atom. The predicted molar refractivity (Wildman–Crippen MR) is 173 cm³/mol. The number of phenolic OH excluding ortho intramolecular Hbond substituents is 1. The van der Waals surface area contributed by atoms with Gasteiger partial charge in [0.2, 0.25) is 5.91 Å². The summed E-state index contributed by atoms with van der Waals surface area (Å²) in [5.41, 5.74) is 1.20. The summed E-state index contributed by atoms with van der Waals surface area (Å²) in [5, 5.41) is 17.8. The van der Waals surface area contributed by atoms with Gasteiger partial charge in [-0.25, -0.2) is 4.79 Å². The molecule has 8 heteroatoms. The molecule has 0 aromatic heterocycles. The molecule has 0 radical (unpaired) electrons. The molecule has 0 aliphatic heterocycles. The van der Waals surface area contributed by atoms with Crippen LogP contribution in [0.4, 0.5) is 10.5 Å². The number of carbonyl (C=O) groups excluding carboxylic acids is 3. The van der Waals surface area contributed by atoms with Crippen molar-refractivity contribution in [3.8, 4) is 5.75 Å². The molecular formula is C36H41N3O5. The minimum Gasteiger partial charge on any atom is -0.508 e. The Labute approximate surface area is 259 Å². The number of hydrogen-bond donors (Lipinski definition) is 3. The standard InChI is InChI=1S/C36H41N3O5/c1-5-6-22-39(34(42)31(23-25-12-8-7-9-13-25)38-35(43)44-36(2,3)4)32(27-17-20-30(40)21-18-27)33(41)37-29-19-16-26-14-10-11-15-28(26)24-29/h7-21,24,31-32,40H,5-6,22-23H2,1-4H3,(H,37,41)(H,38,43). The first-order valence-corrected chi connectivity index (χ1v) is 15.0. The molecular weight excluding hydrogens is 554 g/mol. The highest BCUT2D eigenvalue weighted by Crippen LogP contribution is 2.28. The van der Waals surface area contributed by atoms with E-state index in [4.69, 9.17) is 4.74 Å². The second-order valence-electron chi connectivity index (χ2n) is 11.8. The van der Waals surface area contributed by atoms with Crippen molar-refractivity contribution in [2.45, 2.75) is 64.6 Å². The third-order valence-electron chi connectivity index (χ3n) is 7.09. The van der Waals surface area contributed by atoms with Gasteiger partial charge in [-0.05, 0) is 73.4 Å². The number of rotatable bonds is 11. The molecule has 0 saturated carbocycles. The third-order valence-corrected chi connectivity index (χ3v) is 7.09. The number of amides is 3. The molecule has 4 aromatic carbocycles. The van der Waals surface area contributed by atoms with Crippen LogP contribution in [0.2, 0.25) is 0 Å². The number of unbranched alkanes of at least 4 members (excludes halogenated alkanes) is 1. The molecule has 0 aliphatic carbocycles. The third kappa shape index (κ3) is 8.83. The summed E-state index contributed by atoms with van der Waals surface area (Å²) in [6, 6.07) is 27.1. The van der Waals surface area contributed by atoms with E-state index in [-0.39, 0.29) is 18.7 Å². The lowest BCUT2D eigenvalue weighted by Gasteiger charge is -2.34. The molecule has 0 aliphatic rings. The van der Waals surface area contributed by atoms with Gasteiger partial charge in [0.1, 0.15) is 23.4 Å². The van der Waals surface area contributed by atoms with Crippen LogP contribution in [0.1, 0.15) is 57.7 Å². The van der Waals surface area contributed by atoms with Crippen LogP contribution in [0.5, 0.6) is 5.75 Å². The van der Waals surface area contributed by atoms with Crippen molar-refractivity contribution in [1.82, 2.24) is 10.2 Å². The number of fused-ring (bicyclic) bond motifs is 1. The minimum absolute atomic E-state index is 0.0439. The Kier molecular flexibility index (Phi) is 10.6. The number of nitrogens with one attached hydrogen (secondary N) is 2. The molecule has 0 saturated heterocycles. The summed E-state index contributed by atoms with van der Waals surface area (Å²) in [4.78, 5) is 43.1. The largest absolute Gasteiger partial charge is 0.508 e. The fraction of sp³-hybridized carbons (Fsp3) is 0.306. The lowest BCUT2D eigenvalue weighted by Crippen LogP contribution is -2.53. The SMILES string of the molecule is CCCCN(C(=O)C(Cc1ccccc1)NC(=O)OC(C)(C)C)C(C(=O)Nc1ccc2ccccc2c1)c1ccc(O)cc1. The molecule has 3 amide bonds. The molecule has 0 fully saturated rings. The van der Waals surface area contributed by atoms with Gasteiger partial charge >= 0.3 is 6.09 Å². The molecule has 8 nitrogen and oxygen atoms in total. The summed E-state index contributed by atoms with van der Waals surface area (Å²) in [7, 11) is 0. The van der Waals surface area contributed by atoms with E-state index >= 15 is 0 Å². The molecule has 0 bridgehead atoms. The van der Waals surface area contributed by atoms with Gasteiger partial charge in [-0.1, -0.05) is 86.1 Å². The van der Waals surface area contributed by atoms with Crippen LogP contribution >= 0.6 is 0 Å². The van der Waals surface area contributed by atoms with Crippen LogP contribution in [-0.4, -0.2) is 46.1 Å². The number of nitrogens with zero attached hydrogens (tertiary/aromatic N) is 1. The average Bonchev–Trinajstić information content (AvgIpc) is 2.98. The summed E-state index contributed by atoms with van der Waals surface area (Å²) in [5.74, 6) is -0.784. The Balaban J connectivity index is 1.73. The molecule has 44 heavy (non-hydrogen) atoms. The summed E-state index contributed by atoms with van der Waals surface area (Å²) >= 11 is 0. The van der Waals surface area contributed by atoms with Gasteiger partial charge in [0, 0.05) is 18.7 Å². The van der Waals surface area contributed by atoms with E-state index in [0.29, 0.717) is 17.7 Å². The lowest BCUT2D eigenvalue weighted by molar-refractivity contribution is -0.140. The van der Waals surface area contributed by atoms with Crippen molar-refractivity contribution >= 4 is 34.4 Å². The van der Waals surface area contributed by atoms with Crippen LogP contribution in [-0.2, 0) is 20.7 Å². The highest BCUT2D eigenvalue weighted by molar-refractivity contribution is 6.00. The first kappa shape index (κ1) is 32.1. The Morgan fingerprint density at radius 1 is 0.864 bits per heavy atom. The van der Waals surface area contributed by atoms with Crippen molar-refractivity contribution in [2.24, 2.45) is 0 Å². The molecule has 3 N–H and O–H groups in total. The van der Waals surface area contributed by atoms with Crippen LogP contribution in [0, 0.1) is 0 Å². The van der Waals surface area contributed by atoms with Crippen LogP contribution in [0.3, 0.4) is 0 Å². The van der Waals surface area contributed by atoms with Gasteiger partial charge in [-0.3, -0.25) is 9.59 Å². The number of ether oxygens (including phenoxy) is 1. The molecule has 4 rings (SSSR count). The number of alkyl carbamates (subject to hydrolysis) is 1. The van der Waals surface area contributed by atoms with Crippen LogP contribution < -0.4 is 10.6 Å². The van der Waals surface area contributed by atoms with Crippen molar-refractivity contribution < 1.29 is 24.2 Å². The fourth-order valence-corrected chi connectivity index (χ4v) is 5.00. The molecule has 0 heterocycles. The topological polar surface area (TPSA) is 108 Å². The number of benzene rings is 4. The molecule has 2 atom stereocenters. The number of aromatic hydroxyl groups is 1. The monoisotopic (exact) mass is 595 g/mol. The highest BCUT2D eigenvalue weighted by Gasteiger charge is 2.36. The van der Waals surface area contributed by atoms with Crippen LogP contribution in [0.25, 0.3) is 10.8 Å². The summed E-state index contributed by atoms with van der Waals surface area (Å²) in [6.07, 6.45) is 0.898. The van der Waals surface area contributed by atoms with E-state index < -0.39 is 35.6 Å². The van der Waals surface area contributed by atoms with Gasteiger partial charge in [-0.15, -0.1) is 0 Å². The molecule has 2 unspecified atom stereocenters. The summed E-state index contributed by atoms with van der Waals surface area (Å²) < 4.78 is 5.51. The van der Waals surface area contributed by atoms with Gasteiger partial charge in [0.15, 0.2) is 0 Å². The molecule has 4 aromatic rings. The first-order valence-electron chi connectivity index (χ1n) is 15.0. The fourth-order valence-electron chi connectivity index (χ4n) is 5.00. The van der Waals surface area contributed by atoms with Gasteiger partial charge in [0.25, 0.3) is 5.91 Å². The number of anilines is 1. The maximum absolute atomic E-state index is 14.5. The van der Waals surface area contributed by atoms with E-state index in [1.165, 1.54) is 17.0 Å². The second-order valence-corrected chi connectivity index (χ2v) is 11.8. The smallest absolute Gasteiger partial charge is 0.408 e. The van der Waals surface area contributed by atoms with E-state index in [0.717, 1.165) is 22.8 Å². The Morgan fingerprint density at radius 2 is 1.52 bits per heavy atom. The van der Waals surface area contributed by atoms with E-state index in [1.807, 2.05) is 79.7 Å². The van der Waals surface area contributed by atoms with Crippen molar-refractivity contribution in [1.29, 1.82) is 0 Å². The Bertz CT molecular complexity index is 1560. The Hall–Kier alpha value is -4.85. The van der Waals surface area contributed by atoms with E-state index in [9.17, 15) is 19.5 Å². The predicted octanol–water partition coefficient (Wildman–Crippen LogP) is 6.99. The minimum atomic E-state index is -1.04. The van der Waals surface area contributed by atoms with Gasteiger partial charge < -0.3 is 25.4 Å². The van der Waals surface area contributed by atoms with Crippen molar-refractivity contribution in [2.75, 3.05) is 11.9 Å². The van der Waals surface area contributed by atoms with E-state index in [2.05, 4.69) is 10.6 Å². The maximum atomic E-state index is 14.5. The van der Waals surface area contributed by atoms with Crippen molar-refractivity contribution in [3.63, 3.8) is 0 Å². The number of phenols is 1. The molecule has 0 spiro atoms. The summed E-state index contributed by atoms with van der Waals surface area (Å²) in [6.45, 7) is 7.55. The van der Waals surface area contributed by atoms with E-state index in [1.54, 1.807) is 32.9 Å². The first-order chi connectivity index (χ1) is 21.0. The average molecular weight is 596 g/mol. The number of hydrogen-bond acceptors (Lipinski definition) is 5. The quantitative estimate of drug-likeness (QED) is 0.173. The number of carbonyl (C=O) groups is 3. The van der Waals surface area contributed by atoms with Crippen molar-refractivity contribution in [3.05, 3.63) is 108 Å². The molecule has 230 valence electrons. The zero-order valence-electron chi connectivity index (χ0n) is 25.7. The van der Waals surface area contributed by atoms with Crippen LogP contribution in [0.15, 0.2) is 97.1 Å². The normalized spacial score (nSPS) is 12.6. The van der Waals surface area contributed by atoms with Gasteiger partial charge in [0.05, 0.1) is 0 Å². The zero-order valence-corrected chi connectivity index (χ0v) is 25.7. The maximum Gasteiger partial charge on any atom is 0.408 e. The second kappa shape index (κ2) is 14.6. The zero-order chi connectivity index (χ0) is 31.7. The lowest BCUT2D eigenvalue weighted by atomic mass is 9.99. The van der Waals surface area contributed by atoms with Gasteiger partial charge in [-0.2, -0.15) is 0 Å². The highest BCUT2D eigenvalue weighted by atomic mass is 16.6.